The van der Waals surface area contributed by atoms with Crippen molar-refractivity contribution in [3.05, 3.63) is 35.4 Å². The molecule has 2 fully saturated rings. The van der Waals surface area contributed by atoms with Crippen molar-refractivity contribution >= 4 is 0 Å². The van der Waals surface area contributed by atoms with Crippen molar-refractivity contribution in [2.75, 3.05) is 0 Å². The van der Waals surface area contributed by atoms with Crippen molar-refractivity contribution < 1.29 is 0 Å². The third-order valence-corrected chi connectivity index (χ3v) is 3.74. The summed E-state index contributed by atoms with van der Waals surface area (Å²) in [6.45, 7) is 2.28. The summed E-state index contributed by atoms with van der Waals surface area (Å²) in [5, 5.41) is 3.66. The molecule has 1 aromatic rings. The van der Waals surface area contributed by atoms with Crippen molar-refractivity contribution in [2.24, 2.45) is 0 Å². The summed E-state index contributed by atoms with van der Waals surface area (Å²) in [6.07, 6.45) is 5.42. The van der Waals surface area contributed by atoms with Crippen LogP contribution in [0.15, 0.2) is 24.3 Å². The zero-order valence-electron chi connectivity index (χ0n) is 9.37. The normalized spacial score (nSPS) is 30.7. The van der Waals surface area contributed by atoms with Gasteiger partial charge in [0.05, 0.1) is 0 Å². The van der Waals surface area contributed by atoms with Gasteiger partial charge in [-0.25, -0.2) is 0 Å². The minimum absolute atomic E-state index is 0.610. The molecule has 2 unspecified atom stereocenters. The SMILES string of the molecule is CC1CCC(c2cccc(C3CC3)c2)N1. The number of rotatable bonds is 2. The first kappa shape index (κ1) is 9.41. The summed E-state index contributed by atoms with van der Waals surface area (Å²) in [4.78, 5) is 0. The summed E-state index contributed by atoms with van der Waals surface area (Å²) in [5.41, 5.74) is 3.07. The average Bonchev–Trinajstić information content (AvgIpc) is 3.02. The minimum Gasteiger partial charge on any atom is -0.307 e. The van der Waals surface area contributed by atoms with Crippen molar-refractivity contribution in [1.29, 1.82) is 0 Å². The highest BCUT2D eigenvalue weighted by Gasteiger charge is 2.26. The lowest BCUT2D eigenvalue weighted by molar-refractivity contribution is 0.585. The molecule has 15 heavy (non-hydrogen) atoms. The zero-order valence-corrected chi connectivity index (χ0v) is 9.37. The summed E-state index contributed by atoms with van der Waals surface area (Å²) < 4.78 is 0. The van der Waals surface area contributed by atoms with Crippen LogP contribution in [0.1, 0.15) is 55.7 Å². The van der Waals surface area contributed by atoms with Crippen LogP contribution in [-0.4, -0.2) is 6.04 Å². The van der Waals surface area contributed by atoms with E-state index in [-0.39, 0.29) is 0 Å². The third-order valence-electron chi connectivity index (χ3n) is 3.74. The van der Waals surface area contributed by atoms with E-state index in [0.717, 1.165) is 5.92 Å². The Balaban J connectivity index is 1.81. The van der Waals surface area contributed by atoms with Crippen molar-refractivity contribution in [3.63, 3.8) is 0 Å². The van der Waals surface area contributed by atoms with Crippen molar-refractivity contribution in [1.82, 2.24) is 5.32 Å². The van der Waals surface area contributed by atoms with Gasteiger partial charge >= 0.3 is 0 Å². The maximum Gasteiger partial charge on any atom is 0.0323 e. The highest BCUT2D eigenvalue weighted by atomic mass is 15.0. The molecule has 1 aliphatic carbocycles. The van der Waals surface area contributed by atoms with Crippen LogP contribution < -0.4 is 5.32 Å². The first-order chi connectivity index (χ1) is 7.33. The van der Waals surface area contributed by atoms with Crippen LogP contribution in [0, 0.1) is 0 Å². The molecule has 80 valence electrons. The van der Waals surface area contributed by atoms with Crippen LogP contribution in [0.25, 0.3) is 0 Å². The monoisotopic (exact) mass is 201 g/mol. The van der Waals surface area contributed by atoms with Gasteiger partial charge in [0.2, 0.25) is 0 Å². The van der Waals surface area contributed by atoms with E-state index in [0.29, 0.717) is 12.1 Å². The lowest BCUT2D eigenvalue weighted by Crippen LogP contribution is -2.20. The maximum absolute atomic E-state index is 3.66. The molecule has 0 aromatic heterocycles. The van der Waals surface area contributed by atoms with E-state index in [1.807, 2.05) is 0 Å². The molecule has 1 heteroatoms. The van der Waals surface area contributed by atoms with Gasteiger partial charge in [-0.15, -0.1) is 0 Å². The van der Waals surface area contributed by atoms with Gasteiger partial charge in [-0.2, -0.15) is 0 Å². The van der Waals surface area contributed by atoms with E-state index < -0.39 is 0 Å². The molecule has 1 nitrogen and oxygen atoms in total. The molecule has 0 bridgehead atoms. The van der Waals surface area contributed by atoms with Gasteiger partial charge in [0, 0.05) is 12.1 Å². The third kappa shape index (κ3) is 1.93. The molecule has 1 N–H and O–H groups in total. The Kier molecular flexibility index (Phi) is 2.28. The fourth-order valence-corrected chi connectivity index (χ4v) is 2.64. The molecule has 1 heterocycles. The van der Waals surface area contributed by atoms with Gasteiger partial charge in [0.15, 0.2) is 0 Å². The molecule has 0 amide bonds. The Morgan fingerprint density at radius 3 is 2.53 bits per heavy atom. The second-order valence-electron chi connectivity index (χ2n) is 5.14. The van der Waals surface area contributed by atoms with Gasteiger partial charge in [-0.1, -0.05) is 24.3 Å². The smallest absolute Gasteiger partial charge is 0.0323 e. The first-order valence-corrected chi connectivity index (χ1v) is 6.19. The fourth-order valence-electron chi connectivity index (χ4n) is 2.64. The highest BCUT2D eigenvalue weighted by Crippen LogP contribution is 2.41. The van der Waals surface area contributed by atoms with Crippen LogP contribution in [0.4, 0.5) is 0 Å². The fraction of sp³-hybridized carbons (Fsp3) is 0.571. The highest BCUT2D eigenvalue weighted by molar-refractivity contribution is 5.31. The quantitative estimate of drug-likeness (QED) is 0.773. The van der Waals surface area contributed by atoms with Gasteiger partial charge in [-0.3, -0.25) is 0 Å². The van der Waals surface area contributed by atoms with Crippen LogP contribution in [0.2, 0.25) is 0 Å². The molecule has 3 rings (SSSR count). The second kappa shape index (κ2) is 3.64. The molecule has 1 aromatic carbocycles. The van der Waals surface area contributed by atoms with Crippen LogP contribution >= 0.6 is 0 Å². The summed E-state index contributed by atoms with van der Waals surface area (Å²) in [6, 6.07) is 10.5. The van der Waals surface area contributed by atoms with E-state index in [2.05, 4.69) is 36.5 Å². The van der Waals surface area contributed by atoms with Gasteiger partial charge < -0.3 is 5.32 Å². The molecular formula is C14H19N. The second-order valence-corrected chi connectivity index (χ2v) is 5.14. The van der Waals surface area contributed by atoms with E-state index in [4.69, 9.17) is 0 Å². The summed E-state index contributed by atoms with van der Waals surface area (Å²) in [5.74, 6) is 0.878. The number of benzene rings is 1. The molecule has 0 spiro atoms. The lowest BCUT2D eigenvalue weighted by Gasteiger charge is -2.13. The largest absolute Gasteiger partial charge is 0.307 e. The molecule has 2 aliphatic rings. The molecule has 1 saturated heterocycles. The Morgan fingerprint density at radius 2 is 1.87 bits per heavy atom. The minimum atomic E-state index is 0.610. The summed E-state index contributed by atoms with van der Waals surface area (Å²) in [7, 11) is 0. The van der Waals surface area contributed by atoms with Crippen molar-refractivity contribution in [3.8, 4) is 0 Å². The Bertz CT molecular complexity index is 354. The van der Waals surface area contributed by atoms with Gasteiger partial charge in [0.25, 0.3) is 0 Å². The van der Waals surface area contributed by atoms with Crippen LogP contribution in [0.3, 0.4) is 0 Å². The molecule has 1 aliphatic heterocycles. The molecule has 1 saturated carbocycles. The Labute approximate surface area is 91.9 Å². The van der Waals surface area contributed by atoms with E-state index in [9.17, 15) is 0 Å². The van der Waals surface area contributed by atoms with Gasteiger partial charge in [0.1, 0.15) is 0 Å². The standard InChI is InChI=1S/C14H19N/c1-10-5-8-14(15-10)13-4-2-3-12(9-13)11-6-7-11/h2-4,9-11,14-15H,5-8H2,1H3. The van der Waals surface area contributed by atoms with Gasteiger partial charge in [-0.05, 0) is 49.7 Å². The Morgan fingerprint density at radius 1 is 1.07 bits per heavy atom. The van der Waals surface area contributed by atoms with E-state index in [1.54, 1.807) is 5.56 Å². The predicted octanol–water partition coefficient (Wildman–Crippen LogP) is 3.38. The Hall–Kier alpha value is -0.820. The van der Waals surface area contributed by atoms with E-state index in [1.165, 1.54) is 31.2 Å². The molecule has 2 atom stereocenters. The molecule has 0 radical (unpaired) electrons. The van der Waals surface area contributed by atoms with Crippen LogP contribution in [-0.2, 0) is 0 Å². The topological polar surface area (TPSA) is 12.0 Å². The van der Waals surface area contributed by atoms with E-state index >= 15 is 0 Å². The lowest BCUT2D eigenvalue weighted by atomic mass is 10.0. The number of hydrogen-bond donors (Lipinski definition) is 1. The zero-order chi connectivity index (χ0) is 10.3. The predicted molar refractivity (Wildman–Crippen MR) is 63.0 cm³/mol. The molecular weight excluding hydrogens is 182 g/mol. The van der Waals surface area contributed by atoms with Crippen molar-refractivity contribution in [2.45, 2.75) is 50.6 Å². The number of nitrogens with one attached hydrogen (secondary N) is 1. The average molecular weight is 201 g/mol. The number of hydrogen-bond acceptors (Lipinski definition) is 1. The maximum atomic E-state index is 3.66. The summed E-state index contributed by atoms with van der Waals surface area (Å²) >= 11 is 0. The first-order valence-electron chi connectivity index (χ1n) is 6.19. The van der Waals surface area contributed by atoms with Crippen LogP contribution in [0.5, 0.6) is 0 Å².